The standard InChI is InChI=1S/C21H36O6/c1-14(2)10-16(11-15(3)4)8-9-17-18(23)27-21(12-22,26-17)13-25-19(24)20(5,6)7/h9,14-16,22H,8,10-13H2,1-7H3/b17-9-. The fraction of sp³-hybridized carbons (Fsp3) is 0.810. The fourth-order valence-corrected chi connectivity index (χ4v) is 3.06. The molecule has 1 fully saturated rings. The topological polar surface area (TPSA) is 82.1 Å². The number of ether oxygens (including phenoxy) is 3. The van der Waals surface area contributed by atoms with Crippen molar-refractivity contribution in [3.05, 3.63) is 11.8 Å². The van der Waals surface area contributed by atoms with E-state index in [2.05, 4.69) is 27.7 Å². The highest BCUT2D eigenvalue weighted by Crippen LogP contribution is 2.31. The lowest BCUT2D eigenvalue weighted by Gasteiger charge is -2.25. The fourth-order valence-electron chi connectivity index (χ4n) is 3.06. The summed E-state index contributed by atoms with van der Waals surface area (Å²) in [7, 11) is 0. The van der Waals surface area contributed by atoms with Crippen LogP contribution in [0.15, 0.2) is 11.8 Å². The maximum absolute atomic E-state index is 12.2. The first-order valence-electron chi connectivity index (χ1n) is 9.79. The van der Waals surface area contributed by atoms with Gasteiger partial charge in [0.2, 0.25) is 5.76 Å². The molecule has 1 N–H and O–H groups in total. The molecule has 0 spiro atoms. The van der Waals surface area contributed by atoms with Crippen molar-refractivity contribution >= 4 is 11.9 Å². The molecule has 0 aromatic rings. The lowest BCUT2D eigenvalue weighted by molar-refractivity contribution is -0.214. The normalized spacial score (nSPS) is 21.9. The van der Waals surface area contributed by atoms with E-state index in [4.69, 9.17) is 14.2 Å². The smallest absolute Gasteiger partial charge is 0.376 e. The van der Waals surface area contributed by atoms with Gasteiger partial charge in [-0.3, -0.25) is 4.79 Å². The number of hydrogen-bond acceptors (Lipinski definition) is 6. The summed E-state index contributed by atoms with van der Waals surface area (Å²) in [6.07, 6.45) is 4.56. The van der Waals surface area contributed by atoms with Crippen LogP contribution in [0.1, 0.15) is 67.7 Å². The van der Waals surface area contributed by atoms with Gasteiger partial charge in [0.25, 0.3) is 0 Å². The van der Waals surface area contributed by atoms with Crippen molar-refractivity contribution in [2.24, 2.45) is 23.2 Å². The largest absolute Gasteiger partial charge is 0.457 e. The quantitative estimate of drug-likeness (QED) is 0.481. The van der Waals surface area contributed by atoms with E-state index in [0.29, 0.717) is 24.2 Å². The first kappa shape index (κ1) is 23.5. The van der Waals surface area contributed by atoms with Gasteiger partial charge in [0.15, 0.2) is 6.61 Å². The Bertz CT molecular complexity index is 533. The SMILES string of the molecule is CC(C)CC(C/C=C1\OC(CO)(COC(=O)C(C)(C)C)OC1=O)CC(C)C. The number of allylic oxidation sites excluding steroid dienone is 1. The molecule has 1 rings (SSSR count). The summed E-state index contributed by atoms with van der Waals surface area (Å²) in [5.74, 6) is -1.10. The van der Waals surface area contributed by atoms with Gasteiger partial charge >= 0.3 is 17.7 Å². The third-order valence-electron chi connectivity index (χ3n) is 4.30. The molecule has 1 unspecified atom stereocenters. The number of cyclic esters (lactones) is 1. The molecule has 1 aliphatic rings. The van der Waals surface area contributed by atoms with Crippen molar-refractivity contribution < 1.29 is 28.9 Å². The van der Waals surface area contributed by atoms with Crippen LogP contribution in [-0.2, 0) is 23.8 Å². The summed E-state index contributed by atoms with van der Waals surface area (Å²) >= 11 is 0. The van der Waals surface area contributed by atoms with Gasteiger partial charge in [-0.1, -0.05) is 27.7 Å². The second kappa shape index (κ2) is 9.58. The first-order chi connectivity index (χ1) is 12.4. The van der Waals surface area contributed by atoms with Gasteiger partial charge in [-0.15, -0.1) is 0 Å². The molecule has 6 nitrogen and oxygen atoms in total. The van der Waals surface area contributed by atoms with Crippen molar-refractivity contribution in [2.45, 2.75) is 73.5 Å². The molecule has 1 saturated heterocycles. The highest BCUT2D eigenvalue weighted by Gasteiger charge is 2.47. The Labute approximate surface area is 163 Å². The van der Waals surface area contributed by atoms with Crippen LogP contribution in [0, 0.1) is 23.2 Å². The van der Waals surface area contributed by atoms with E-state index in [-0.39, 0.29) is 12.4 Å². The van der Waals surface area contributed by atoms with Gasteiger partial charge in [-0.2, -0.15) is 0 Å². The Morgan fingerprint density at radius 3 is 2.15 bits per heavy atom. The molecule has 0 amide bonds. The molecule has 1 atom stereocenters. The third-order valence-corrected chi connectivity index (χ3v) is 4.30. The van der Waals surface area contributed by atoms with Crippen LogP contribution in [0.25, 0.3) is 0 Å². The maximum Gasteiger partial charge on any atom is 0.376 e. The van der Waals surface area contributed by atoms with Gasteiger partial charge in [-0.25, -0.2) is 4.79 Å². The molecule has 0 saturated carbocycles. The Hall–Kier alpha value is -1.56. The van der Waals surface area contributed by atoms with Crippen molar-refractivity contribution in [1.82, 2.24) is 0 Å². The van der Waals surface area contributed by atoms with E-state index in [1.807, 2.05) is 0 Å². The van der Waals surface area contributed by atoms with Gasteiger partial charge < -0.3 is 19.3 Å². The summed E-state index contributed by atoms with van der Waals surface area (Å²) in [6, 6.07) is 0. The van der Waals surface area contributed by atoms with Crippen LogP contribution >= 0.6 is 0 Å². The van der Waals surface area contributed by atoms with Crippen molar-refractivity contribution in [3.8, 4) is 0 Å². The second-order valence-corrected chi connectivity index (χ2v) is 9.32. The minimum Gasteiger partial charge on any atom is -0.457 e. The van der Waals surface area contributed by atoms with Gasteiger partial charge in [-0.05, 0) is 63.9 Å². The summed E-state index contributed by atoms with van der Waals surface area (Å²) in [5, 5.41) is 9.66. The van der Waals surface area contributed by atoms with Crippen molar-refractivity contribution in [2.75, 3.05) is 13.2 Å². The van der Waals surface area contributed by atoms with Crippen LogP contribution in [0.4, 0.5) is 0 Å². The monoisotopic (exact) mass is 384 g/mol. The van der Waals surface area contributed by atoms with Crippen LogP contribution in [-0.4, -0.2) is 36.0 Å². The second-order valence-electron chi connectivity index (χ2n) is 9.32. The molecule has 1 heterocycles. The number of aliphatic hydroxyl groups is 1. The summed E-state index contributed by atoms with van der Waals surface area (Å²) in [6.45, 7) is 13.0. The van der Waals surface area contributed by atoms with E-state index in [0.717, 1.165) is 12.8 Å². The molecule has 0 aromatic carbocycles. The summed E-state index contributed by atoms with van der Waals surface area (Å²) < 4.78 is 16.0. The minimum atomic E-state index is -1.66. The highest BCUT2D eigenvalue weighted by atomic mass is 16.8. The average molecular weight is 385 g/mol. The van der Waals surface area contributed by atoms with Gasteiger partial charge in [0, 0.05) is 0 Å². The number of rotatable bonds is 9. The van der Waals surface area contributed by atoms with Crippen LogP contribution < -0.4 is 0 Å². The van der Waals surface area contributed by atoms with Crippen LogP contribution in [0.3, 0.4) is 0 Å². The molecule has 0 aromatic heterocycles. The zero-order chi connectivity index (χ0) is 20.8. The van der Waals surface area contributed by atoms with E-state index in [9.17, 15) is 14.7 Å². The lowest BCUT2D eigenvalue weighted by atomic mass is 9.87. The summed E-state index contributed by atoms with van der Waals surface area (Å²) in [4.78, 5) is 24.1. The molecule has 1 aliphatic heterocycles. The van der Waals surface area contributed by atoms with E-state index in [1.165, 1.54) is 0 Å². The van der Waals surface area contributed by atoms with Crippen molar-refractivity contribution in [1.29, 1.82) is 0 Å². The number of aliphatic hydroxyl groups excluding tert-OH is 1. The zero-order valence-corrected chi connectivity index (χ0v) is 17.8. The highest BCUT2D eigenvalue weighted by molar-refractivity contribution is 5.88. The van der Waals surface area contributed by atoms with Gasteiger partial charge in [0.05, 0.1) is 5.41 Å². The zero-order valence-electron chi connectivity index (χ0n) is 17.8. The average Bonchev–Trinajstić information content (AvgIpc) is 2.85. The predicted octanol–water partition coefficient (Wildman–Crippen LogP) is 3.82. The van der Waals surface area contributed by atoms with E-state index in [1.54, 1.807) is 26.8 Å². The number of esters is 2. The van der Waals surface area contributed by atoms with E-state index >= 15 is 0 Å². The number of carbonyl (C=O) groups is 2. The number of carbonyl (C=O) groups excluding carboxylic acids is 2. The first-order valence-corrected chi connectivity index (χ1v) is 9.79. The lowest BCUT2D eigenvalue weighted by Crippen LogP contribution is -2.42. The van der Waals surface area contributed by atoms with Crippen LogP contribution in [0.5, 0.6) is 0 Å². The Kier molecular flexibility index (Phi) is 8.33. The minimum absolute atomic E-state index is 0.0772. The van der Waals surface area contributed by atoms with Gasteiger partial charge in [0.1, 0.15) is 6.61 Å². The number of hydrogen-bond donors (Lipinski definition) is 1. The van der Waals surface area contributed by atoms with Crippen LogP contribution in [0.2, 0.25) is 0 Å². The third kappa shape index (κ3) is 7.53. The van der Waals surface area contributed by atoms with E-state index < -0.39 is 29.7 Å². The molecule has 0 bridgehead atoms. The molecule has 156 valence electrons. The molecular weight excluding hydrogens is 348 g/mol. The molecule has 0 radical (unpaired) electrons. The maximum atomic E-state index is 12.2. The Morgan fingerprint density at radius 2 is 1.70 bits per heavy atom. The molecule has 27 heavy (non-hydrogen) atoms. The molecular formula is C21H36O6. The van der Waals surface area contributed by atoms with Crippen molar-refractivity contribution in [3.63, 3.8) is 0 Å². The molecule has 0 aliphatic carbocycles. The predicted molar refractivity (Wildman–Crippen MR) is 103 cm³/mol. The molecule has 6 heteroatoms. The Morgan fingerprint density at radius 1 is 1.15 bits per heavy atom. The Balaban J connectivity index is 2.78. The summed E-state index contributed by atoms with van der Waals surface area (Å²) in [5.41, 5.74) is -0.696.